The van der Waals surface area contributed by atoms with Crippen molar-refractivity contribution < 1.29 is 14.4 Å². The molecule has 0 fully saturated rings. The first-order valence-corrected chi connectivity index (χ1v) is 2.73. The summed E-state index contributed by atoms with van der Waals surface area (Å²) in [6, 6.07) is 0. The van der Waals surface area contributed by atoms with Gasteiger partial charge in [-0.15, -0.1) is 0 Å². The summed E-state index contributed by atoms with van der Waals surface area (Å²) in [6.45, 7) is 1.05. The van der Waals surface area contributed by atoms with Crippen LogP contribution >= 0.6 is 0 Å². The van der Waals surface area contributed by atoms with Crippen LogP contribution in [0.5, 0.6) is 0 Å². The van der Waals surface area contributed by atoms with Gasteiger partial charge in [-0.3, -0.25) is 9.59 Å². The van der Waals surface area contributed by atoms with Crippen LogP contribution in [-0.4, -0.2) is 30.5 Å². The van der Waals surface area contributed by atoms with Crippen molar-refractivity contribution in [3.8, 4) is 0 Å². The van der Waals surface area contributed by atoms with Crippen molar-refractivity contribution in [2.24, 2.45) is 5.73 Å². The van der Waals surface area contributed by atoms with Gasteiger partial charge in [-0.2, -0.15) is 5.06 Å². The van der Waals surface area contributed by atoms with Gasteiger partial charge in [0, 0.05) is 14.0 Å². The molecule has 1 amide bonds. The zero-order valence-corrected chi connectivity index (χ0v) is 5.96. The Morgan fingerprint density at radius 2 is 2.10 bits per heavy atom. The van der Waals surface area contributed by atoms with Gasteiger partial charge in [0.25, 0.3) is 5.91 Å². The Morgan fingerprint density at radius 1 is 1.60 bits per heavy atom. The molecule has 0 unspecified atom stereocenters. The zero-order valence-electron chi connectivity index (χ0n) is 5.96. The highest BCUT2D eigenvalue weighted by Gasteiger charge is 2.07. The maximum atomic E-state index is 10.6. The highest BCUT2D eigenvalue weighted by Crippen LogP contribution is 1.85. The zero-order chi connectivity index (χ0) is 8.15. The minimum atomic E-state index is -0.538. The lowest BCUT2D eigenvalue weighted by atomic mass is 10.6. The summed E-state index contributed by atoms with van der Waals surface area (Å²) < 4.78 is 0. The largest absolute Gasteiger partial charge is 0.339 e. The fourth-order valence-corrected chi connectivity index (χ4v) is 0.372. The Kier molecular flexibility index (Phi) is 3.42. The summed E-state index contributed by atoms with van der Waals surface area (Å²) in [4.78, 5) is 25.2. The second kappa shape index (κ2) is 3.84. The van der Waals surface area contributed by atoms with Gasteiger partial charge in [-0.1, -0.05) is 0 Å². The van der Waals surface area contributed by atoms with E-state index in [2.05, 4.69) is 4.84 Å². The molecule has 0 heterocycles. The highest BCUT2D eigenvalue weighted by atomic mass is 16.7. The number of nitrogens with two attached hydrogens (primary N) is 1. The summed E-state index contributed by atoms with van der Waals surface area (Å²) >= 11 is 0. The van der Waals surface area contributed by atoms with Crippen LogP contribution in [0.3, 0.4) is 0 Å². The molecular weight excluding hydrogens is 136 g/mol. The van der Waals surface area contributed by atoms with Gasteiger partial charge in [-0.25, -0.2) is 0 Å². The lowest BCUT2D eigenvalue weighted by Crippen LogP contribution is -2.33. The summed E-state index contributed by atoms with van der Waals surface area (Å²) in [5, 5.41) is 0.808. The van der Waals surface area contributed by atoms with Crippen molar-refractivity contribution >= 4 is 11.9 Å². The van der Waals surface area contributed by atoms with Crippen LogP contribution in [0.25, 0.3) is 0 Å². The fourth-order valence-electron chi connectivity index (χ4n) is 0.372. The van der Waals surface area contributed by atoms with Crippen molar-refractivity contribution in [1.29, 1.82) is 0 Å². The molecule has 10 heavy (non-hydrogen) atoms. The average Bonchev–Trinajstić information content (AvgIpc) is 1.85. The van der Waals surface area contributed by atoms with Crippen LogP contribution < -0.4 is 5.73 Å². The predicted molar refractivity (Wildman–Crippen MR) is 33.6 cm³/mol. The first-order valence-electron chi connectivity index (χ1n) is 2.73. The van der Waals surface area contributed by atoms with Crippen LogP contribution in [-0.2, 0) is 14.4 Å². The summed E-state index contributed by atoms with van der Waals surface area (Å²) in [6.07, 6.45) is 0. The molecule has 58 valence electrons. The minimum absolute atomic E-state index is 0.163. The van der Waals surface area contributed by atoms with Crippen LogP contribution in [0.15, 0.2) is 0 Å². The molecule has 0 rings (SSSR count). The number of hydrogen-bond acceptors (Lipinski definition) is 4. The highest BCUT2D eigenvalue weighted by molar-refractivity contribution is 5.78. The lowest BCUT2D eigenvalue weighted by Gasteiger charge is -2.12. The molecule has 0 aromatic heterocycles. The Bertz CT molecular complexity index is 146. The third-order valence-corrected chi connectivity index (χ3v) is 0.791. The normalized spacial score (nSPS) is 8.70. The van der Waals surface area contributed by atoms with Gasteiger partial charge in [0.15, 0.2) is 0 Å². The van der Waals surface area contributed by atoms with Crippen molar-refractivity contribution in [3.05, 3.63) is 0 Å². The SMILES string of the molecule is CC(=O)ON(C)C(=O)CN. The topological polar surface area (TPSA) is 72.6 Å². The molecule has 0 saturated carbocycles. The molecule has 0 aromatic rings. The maximum absolute atomic E-state index is 10.6. The maximum Gasteiger partial charge on any atom is 0.329 e. The Labute approximate surface area is 58.7 Å². The van der Waals surface area contributed by atoms with Crippen molar-refractivity contribution in [2.45, 2.75) is 6.92 Å². The molecule has 5 nitrogen and oxygen atoms in total. The Balaban J connectivity index is 3.72. The quantitative estimate of drug-likeness (QED) is 0.476. The second-order valence-electron chi connectivity index (χ2n) is 1.68. The number of hydroxylamine groups is 2. The molecule has 0 radical (unpaired) electrons. The van der Waals surface area contributed by atoms with E-state index in [9.17, 15) is 9.59 Å². The summed E-state index contributed by atoms with van der Waals surface area (Å²) in [7, 11) is 1.33. The molecule has 0 bridgehead atoms. The number of hydrogen-bond donors (Lipinski definition) is 1. The number of rotatable bonds is 1. The van der Waals surface area contributed by atoms with Crippen LogP contribution in [0, 0.1) is 0 Å². The molecule has 0 atom stereocenters. The van der Waals surface area contributed by atoms with E-state index in [0.717, 1.165) is 5.06 Å². The smallest absolute Gasteiger partial charge is 0.329 e. The fraction of sp³-hybridized carbons (Fsp3) is 0.600. The van der Waals surface area contributed by atoms with E-state index >= 15 is 0 Å². The number of likely N-dealkylation sites (N-methyl/N-ethyl adjacent to an activating group) is 1. The lowest BCUT2D eigenvalue weighted by molar-refractivity contribution is -0.189. The van der Waals surface area contributed by atoms with Gasteiger partial charge >= 0.3 is 5.97 Å². The van der Waals surface area contributed by atoms with E-state index in [-0.39, 0.29) is 6.54 Å². The average molecular weight is 146 g/mol. The van der Waals surface area contributed by atoms with Gasteiger partial charge in [0.2, 0.25) is 0 Å². The van der Waals surface area contributed by atoms with Gasteiger partial charge < -0.3 is 10.6 Å². The summed E-state index contributed by atoms with van der Waals surface area (Å²) in [5.74, 6) is -0.973. The molecule has 0 saturated heterocycles. The van der Waals surface area contributed by atoms with E-state index in [0.29, 0.717) is 0 Å². The second-order valence-corrected chi connectivity index (χ2v) is 1.68. The van der Waals surface area contributed by atoms with Crippen LogP contribution in [0.1, 0.15) is 6.92 Å². The first kappa shape index (κ1) is 8.90. The Hall–Kier alpha value is -1.10. The number of carbonyl (C=O) groups excluding carboxylic acids is 2. The van der Waals surface area contributed by atoms with E-state index in [1.165, 1.54) is 14.0 Å². The van der Waals surface area contributed by atoms with E-state index in [4.69, 9.17) is 5.73 Å². The number of nitrogens with zero attached hydrogens (tertiary/aromatic N) is 1. The van der Waals surface area contributed by atoms with E-state index < -0.39 is 11.9 Å². The molecule has 5 heteroatoms. The minimum Gasteiger partial charge on any atom is -0.339 e. The summed E-state index contributed by atoms with van der Waals surface area (Å²) in [5.41, 5.74) is 4.97. The molecule has 0 aliphatic carbocycles. The van der Waals surface area contributed by atoms with Gasteiger partial charge in [-0.05, 0) is 0 Å². The van der Waals surface area contributed by atoms with E-state index in [1.807, 2.05) is 0 Å². The van der Waals surface area contributed by atoms with Crippen molar-refractivity contribution in [3.63, 3.8) is 0 Å². The molecule has 0 aliphatic rings. The third-order valence-electron chi connectivity index (χ3n) is 0.791. The monoisotopic (exact) mass is 146 g/mol. The molecule has 0 aliphatic heterocycles. The number of amides is 1. The molecule has 0 spiro atoms. The van der Waals surface area contributed by atoms with Crippen molar-refractivity contribution in [2.75, 3.05) is 13.6 Å². The van der Waals surface area contributed by atoms with Gasteiger partial charge in [0.1, 0.15) is 0 Å². The van der Waals surface area contributed by atoms with Crippen LogP contribution in [0.4, 0.5) is 0 Å². The molecular formula is C5H10N2O3. The van der Waals surface area contributed by atoms with Gasteiger partial charge in [0.05, 0.1) is 6.54 Å². The van der Waals surface area contributed by atoms with E-state index in [1.54, 1.807) is 0 Å². The number of carbonyl (C=O) groups is 2. The Morgan fingerprint density at radius 3 is 2.40 bits per heavy atom. The molecule has 0 aromatic carbocycles. The van der Waals surface area contributed by atoms with Crippen LogP contribution in [0.2, 0.25) is 0 Å². The predicted octanol–water partition coefficient (Wildman–Crippen LogP) is -1.12. The molecule has 2 N–H and O–H groups in total. The third kappa shape index (κ3) is 3.03. The first-order chi connectivity index (χ1) is 4.57. The standard InChI is InChI=1S/C5H10N2O3/c1-4(8)10-7(2)5(9)3-6/h3,6H2,1-2H3. The van der Waals surface area contributed by atoms with Crippen molar-refractivity contribution in [1.82, 2.24) is 5.06 Å².